The number of benzene rings is 2. The smallest absolute Gasteiger partial charge is 0.0366 e. The lowest BCUT2D eigenvalue weighted by Crippen LogP contribution is -2.33. The fraction of sp³-hybridized carbons (Fsp3) is 0.400. The van der Waals surface area contributed by atoms with Gasteiger partial charge in [0.1, 0.15) is 0 Å². The van der Waals surface area contributed by atoms with E-state index in [4.69, 9.17) is 0 Å². The molecule has 0 atom stereocenters. The molecule has 2 heteroatoms. The van der Waals surface area contributed by atoms with Crippen molar-refractivity contribution in [3.05, 3.63) is 45.9 Å². The summed E-state index contributed by atoms with van der Waals surface area (Å²) in [5.74, 6) is 0. The lowest BCUT2D eigenvalue weighted by Gasteiger charge is -2.41. The minimum absolute atomic E-state index is 0.272. The van der Waals surface area contributed by atoms with Crippen LogP contribution in [0.3, 0.4) is 0 Å². The molecule has 22 heavy (non-hydrogen) atoms. The van der Waals surface area contributed by atoms with Crippen molar-refractivity contribution in [2.75, 3.05) is 0 Å². The largest absolute Gasteiger partial charge is 0.135 e. The number of hydrogen-bond acceptors (Lipinski definition) is 1. The van der Waals surface area contributed by atoms with E-state index in [1.54, 1.807) is 11.1 Å². The molecule has 1 aliphatic carbocycles. The number of halogens is 1. The Labute approximate surface area is 144 Å². The average Bonchev–Trinajstić information content (AvgIpc) is 2.82. The average molecular weight is 373 g/mol. The second kappa shape index (κ2) is 4.58. The van der Waals surface area contributed by atoms with Crippen LogP contribution in [0.5, 0.6) is 0 Å². The standard InChI is InChI=1S/C20H21BrS/c1-19(2)8-9-20(3,4)14-11-17-12(10-13(14)19)18-15(21)6-5-7-16(18)22-17/h5-7,10-11H,8-9H2,1-4H3. The van der Waals surface area contributed by atoms with Crippen molar-refractivity contribution in [2.45, 2.75) is 51.4 Å². The maximum Gasteiger partial charge on any atom is 0.0366 e. The van der Waals surface area contributed by atoms with Crippen molar-refractivity contribution in [2.24, 2.45) is 0 Å². The fourth-order valence-corrected chi connectivity index (χ4v) is 5.71. The van der Waals surface area contributed by atoms with E-state index >= 15 is 0 Å². The van der Waals surface area contributed by atoms with Gasteiger partial charge in [0.25, 0.3) is 0 Å². The second-order valence-electron chi connectivity index (χ2n) is 7.88. The van der Waals surface area contributed by atoms with Crippen LogP contribution >= 0.6 is 27.3 Å². The summed E-state index contributed by atoms with van der Waals surface area (Å²) in [5, 5.41) is 2.79. The molecule has 0 fully saturated rings. The molecule has 0 saturated heterocycles. The second-order valence-corrected chi connectivity index (χ2v) is 9.81. The molecule has 3 aromatic rings. The molecule has 0 unspecified atom stereocenters. The van der Waals surface area contributed by atoms with Crippen molar-refractivity contribution < 1.29 is 0 Å². The number of hydrogen-bond donors (Lipinski definition) is 0. The molecule has 0 N–H and O–H groups in total. The van der Waals surface area contributed by atoms with Crippen molar-refractivity contribution >= 4 is 47.4 Å². The van der Waals surface area contributed by atoms with Gasteiger partial charge in [0.15, 0.2) is 0 Å². The van der Waals surface area contributed by atoms with E-state index in [-0.39, 0.29) is 10.8 Å². The zero-order valence-electron chi connectivity index (χ0n) is 13.6. The van der Waals surface area contributed by atoms with Crippen molar-refractivity contribution in [1.29, 1.82) is 0 Å². The molecule has 114 valence electrons. The number of fused-ring (bicyclic) bond motifs is 4. The van der Waals surface area contributed by atoms with Gasteiger partial charge in [0.2, 0.25) is 0 Å². The molecule has 0 amide bonds. The van der Waals surface area contributed by atoms with Crippen LogP contribution in [0.25, 0.3) is 20.2 Å². The minimum Gasteiger partial charge on any atom is -0.135 e. The summed E-state index contributed by atoms with van der Waals surface area (Å²) in [6, 6.07) is 11.5. The SMILES string of the molecule is CC1(C)CCC(C)(C)c2cc3c(cc21)sc1cccc(Br)c13. The van der Waals surface area contributed by atoms with Gasteiger partial charge in [0, 0.05) is 24.6 Å². The Morgan fingerprint density at radius 2 is 1.55 bits per heavy atom. The fourth-order valence-electron chi connectivity index (χ4n) is 3.84. The van der Waals surface area contributed by atoms with Crippen LogP contribution in [0.2, 0.25) is 0 Å². The molecule has 1 aliphatic rings. The van der Waals surface area contributed by atoms with Gasteiger partial charge < -0.3 is 0 Å². The van der Waals surface area contributed by atoms with Gasteiger partial charge in [-0.15, -0.1) is 11.3 Å². The van der Waals surface area contributed by atoms with Crippen LogP contribution in [-0.4, -0.2) is 0 Å². The first kappa shape index (κ1) is 14.7. The van der Waals surface area contributed by atoms with Gasteiger partial charge in [-0.05, 0) is 59.1 Å². The summed E-state index contributed by atoms with van der Waals surface area (Å²) in [5.41, 5.74) is 3.66. The maximum absolute atomic E-state index is 3.75. The highest BCUT2D eigenvalue weighted by Gasteiger charge is 2.37. The Hall–Kier alpha value is -0.860. The van der Waals surface area contributed by atoms with Crippen LogP contribution in [0.15, 0.2) is 34.8 Å². The lowest BCUT2D eigenvalue weighted by molar-refractivity contribution is 0.332. The molecule has 0 nitrogen and oxygen atoms in total. The van der Waals surface area contributed by atoms with Crippen LogP contribution in [0, 0.1) is 0 Å². The van der Waals surface area contributed by atoms with E-state index in [2.05, 4.69) is 74.0 Å². The molecule has 0 saturated carbocycles. The first-order valence-electron chi connectivity index (χ1n) is 7.95. The van der Waals surface area contributed by atoms with Gasteiger partial charge in [0.05, 0.1) is 0 Å². The van der Waals surface area contributed by atoms with E-state index in [0.717, 1.165) is 0 Å². The monoisotopic (exact) mass is 372 g/mol. The molecule has 0 aliphatic heterocycles. The third-order valence-corrected chi connectivity index (χ3v) is 7.20. The van der Waals surface area contributed by atoms with E-state index < -0.39 is 0 Å². The Morgan fingerprint density at radius 1 is 0.909 bits per heavy atom. The van der Waals surface area contributed by atoms with Gasteiger partial charge in [-0.25, -0.2) is 0 Å². The third-order valence-electron chi connectivity index (χ3n) is 5.42. The van der Waals surface area contributed by atoms with Crippen LogP contribution < -0.4 is 0 Å². The van der Waals surface area contributed by atoms with Gasteiger partial charge >= 0.3 is 0 Å². The Balaban J connectivity index is 2.15. The first-order chi connectivity index (χ1) is 10.3. The van der Waals surface area contributed by atoms with Gasteiger partial charge in [-0.2, -0.15) is 0 Å². The topological polar surface area (TPSA) is 0 Å². The summed E-state index contributed by atoms with van der Waals surface area (Å²) in [4.78, 5) is 0. The molecule has 2 aromatic carbocycles. The number of rotatable bonds is 0. The molecular formula is C20H21BrS. The first-order valence-corrected chi connectivity index (χ1v) is 9.56. The normalized spacial score (nSPS) is 19.5. The van der Waals surface area contributed by atoms with E-state index in [0.29, 0.717) is 0 Å². The van der Waals surface area contributed by atoms with E-state index in [1.165, 1.54) is 37.5 Å². The summed E-state index contributed by atoms with van der Waals surface area (Å²) in [7, 11) is 0. The van der Waals surface area contributed by atoms with Crippen molar-refractivity contribution in [1.82, 2.24) is 0 Å². The molecule has 0 spiro atoms. The summed E-state index contributed by atoms with van der Waals surface area (Å²) in [6.07, 6.45) is 2.54. The molecule has 4 rings (SSSR count). The van der Waals surface area contributed by atoms with Crippen molar-refractivity contribution in [3.63, 3.8) is 0 Å². The summed E-state index contributed by atoms with van der Waals surface area (Å²) < 4.78 is 4.01. The summed E-state index contributed by atoms with van der Waals surface area (Å²) in [6.45, 7) is 9.60. The predicted molar refractivity (Wildman–Crippen MR) is 102 cm³/mol. The van der Waals surface area contributed by atoms with Crippen LogP contribution in [0.4, 0.5) is 0 Å². The molecular weight excluding hydrogens is 352 g/mol. The minimum atomic E-state index is 0.272. The Morgan fingerprint density at radius 3 is 2.23 bits per heavy atom. The highest BCUT2D eigenvalue weighted by atomic mass is 79.9. The van der Waals surface area contributed by atoms with Gasteiger partial charge in [-0.3, -0.25) is 0 Å². The zero-order valence-corrected chi connectivity index (χ0v) is 16.0. The maximum atomic E-state index is 3.75. The molecule has 1 heterocycles. The Kier molecular flexibility index (Phi) is 3.06. The van der Waals surface area contributed by atoms with Crippen LogP contribution in [-0.2, 0) is 10.8 Å². The molecule has 0 radical (unpaired) electrons. The van der Waals surface area contributed by atoms with Gasteiger partial charge in [-0.1, -0.05) is 49.7 Å². The van der Waals surface area contributed by atoms with E-state index in [9.17, 15) is 0 Å². The summed E-state index contributed by atoms with van der Waals surface area (Å²) >= 11 is 5.67. The molecule has 0 bridgehead atoms. The van der Waals surface area contributed by atoms with Crippen molar-refractivity contribution in [3.8, 4) is 0 Å². The third kappa shape index (κ3) is 2.00. The van der Waals surface area contributed by atoms with Crippen LogP contribution in [0.1, 0.15) is 51.7 Å². The Bertz CT molecular complexity index is 899. The predicted octanol–water partition coefficient (Wildman–Crippen LogP) is 7.17. The lowest BCUT2D eigenvalue weighted by atomic mass is 9.63. The zero-order chi connectivity index (χ0) is 15.7. The number of thiophene rings is 1. The van der Waals surface area contributed by atoms with E-state index in [1.807, 2.05) is 11.3 Å². The quantitative estimate of drug-likeness (QED) is 0.392. The highest BCUT2D eigenvalue weighted by Crippen LogP contribution is 2.49. The highest BCUT2D eigenvalue weighted by molar-refractivity contribution is 9.10. The molecule has 1 aromatic heterocycles.